The smallest absolute Gasteiger partial charge is 0.320 e. The van der Waals surface area contributed by atoms with Crippen LogP contribution in [0.3, 0.4) is 0 Å². The van der Waals surface area contributed by atoms with Crippen LogP contribution in [-0.2, 0) is 10.4 Å². The Kier molecular flexibility index (Phi) is 7.68. The Balaban J connectivity index is 0. The van der Waals surface area contributed by atoms with Crippen LogP contribution in [0.2, 0.25) is 0 Å². The first-order chi connectivity index (χ1) is 3.91. The lowest BCUT2D eigenvalue weighted by Crippen LogP contribution is -2.01. The standard InChI is InChI=1S/C3H9N.H2O4S/c1-3-4-2;1-5(2,3)4/h4H,3H2,1-2H3;(H2,1,2,3,4). The van der Waals surface area contributed by atoms with E-state index >= 15 is 0 Å². The van der Waals surface area contributed by atoms with Gasteiger partial charge in [-0.05, 0) is 13.6 Å². The molecule has 0 aliphatic heterocycles. The lowest BCUT2D eigenvalue weighted by molar-refractivity contribution is 0.381. The summed E-state index contributed by atoms with van der Waals surface area (Å²) in [7, 11) is -2.74. The normalized spacial score (nSPS) is 9.78. The van der Waals surface area contributed by atoms with E-state index in [0.717, 1.165) is 6.54 Å². The minimum Gasteiger partial charge on any atom is -0.320 e. The molecule has 0 aromatic heterocycles. The second kappa shape index (κ2) is 5.96. The van der Waals surface area contributed by atoms with E-state index in [4.69, 9.17) is 17.5 Å². The van der Waals surface area contributed by atoms with Gasteiger partial charge in [0.25, 0.3) is 0 Å². The zero-order valence-corrected chi connectivity index (χ0v) is 6.14. The maximum atomic E-state index is 8.74. The first kappa shape index (κ1) is 11.6. The molecule has 5 nitrogen and oxygen atoms in total. The van der Waals surface area contributed by atoms with Crippen molar-refractivity contribution in [3.8, 4) is 0 Å². The molecule has 6 heteroatoms. The van der Waals surface area contributed by atoms with Crippen LogP contribution in [0, 0.1) is 0 Å². The van der Waals surface area contributed by atoms with Crippen molar-refractivity contribution in [2.24, 2.45) is 0 Å². The van der Waals surface area contributed by atoms with Gasteiger partial charge >= 0.3 is 10.4 Å². The van der Waals surface area contributed by atoms with Gasteiger partial charge in [-0.2, -0.15) is 8.42 Å². The molecular weight excluding hydrogens is 146 g/mol. The van der Waals surface area contributed by atoms with Crippen LogP contribution in [0.15, 0.2) is 0 Å². The maximum absolute atomic E-state index is 8.74. The second-order valence-corrected chi connectivity index (χ2v) is 2.05. The highest BCUT2D eigenvalue weighted by Gasteiger charge is 1.84. The molecule has 9 heavy (non-hydrogen) atoms. The van der Waals surface area contributed by atoms with Gasteiger partial charge in [-0.3, -0.25) is 9.11 Å². The van der Waals surface area contributed by atoms with E-state index in [1.807, 2.05) is 7.05 Å². The van der Waals surface area contributed by atoms with E-state index in [-0.39, 0.29) is 0 Å². The molecule has 0 bridgehead atoms. The summed E-state index contributed by atoms with van der Waals surface area (Å²) >= 11 is 0. The fourth-order valence-electron chi connectivity index (χ4n) is 0. The van der Waals surface area contributed by atoms with Gasteiger partial charge in [0, 0.05) is 0 Å². The lowest BCUT2D eigenvalue weighted by Gasteiger charge is -1.76. The van der Waals surface area contributed by atoms with Crippen LogP contribution in [0.25, 0.3) is 0 Å². The van der Waals surface area contributed by atoms with Crippen molar-refractivity contribution in [2.45, 2.75) is 6.92 Å². The summed E-state index contributed by atoms with van der Waals surface area (Å²) in [5.41, 5.74) is 0. The average Bonchev–Trinajstić information content (AvgIpc) is 1.61. The highest BCUT2D eigenvalue weighted by molar-refractivity contribution is 7.79. The van der Waals surface area contributed by atoms with Crippen molar-refractivity contribution in [3.63, 3.8) is 0 Å². The molecule has 0 saturated heterocycles. The second-order valence-electron chi connectivity index (χ2n) is 1.15. The Morgan fingerprint density at radius 3 is 1.56 bits per heavy atom. The van der Waals surface area contributed by atoms with Crippen LogP contribution >= 0.6 is 0 Å². The van der Waals surface area contributed by atoms with Gasteiger partial charge in [-0.25, -0.2) is 0 Å². The molecule has 0 aromatic rings. The summed E-state index contributed by atoms with van der Waals surface area (Å²) in [6, 6.07) is 0. The Bertz CT molecular complexity index is 119. The molecule has 58 valence electrons. The molecule has 0 radical (unpaired) electrons. The molecular formula is C3H11NO4S. The predicted octanol–water partition coefficient (Wildman–Crippen LogP) is -0.427. The summed E-state index contributed by atoms with van der Waals surface area (Å²) in [6.45, 7) is 3.14. The summed E-state index contributed by atoms with van der Waals surface area (Å²) < 4.78 is 31.6. The van der Waals surface area contributed by atoms with Crippen molar-refractivity contribution < 1.29 is 17.5 Å². The van der Waals surface area contributed by atoms with Gasteiger partial charge in [0.2, 0.25) is 0 Å². The lowest BCUT2D eigenvalue weighted by atomic mass is 10.8. The third-order valence-electron chi connectivity index (χ3n) is 0.354. The minimum atomic E-state index is -4.67. The largest absolute Gasteiger partial charge is 0.394 e. The third-order valence-corrected chi connectivity index (χ3v) is 0.354. The molecule has 3 N–H and O–H groups in total. The molecule has 0 aliphatic carbocycles. The molecule has 0 fully saturated rings. The maximum Gasteiger partial charge on any atom is 0.394 e. The molecule has 0 aliphatic rings. The summed E-state index contributed by atoms with van der Waals surface area (Å²) in [5, 5.41) is 2.93. The van der Waals surface area contributed by atoms with Crippen LogP contribution in [0.5, 0.6) is 0 Å². The molecule has 0 saturated carbocycles. The Morgan fingerprint density at radius 2 is 1.56 bits per heavy atom. The highest BCUT2D eigenvalue weighted by Crippen LogP contribution is 1.59. The van der Waals surface area contributed by atoms with Gasteiger partial charge in [-0.15, -0.1) is 0 Å². The Labute approximate surface area is 54.7 Å². The summed E-state index contributed by atoms with van der Waals surface area (Å²) in [5.74, 6) is 0. The molecule has 0 amide bonds. The van der Waals surface area contributed by atoms with Crippen molar-refractivity contribution in [1.29, 1.82) is 0 Å². The number of hydrogen-bond acceptors (Lipinski definition) is 3. The van der Waals surface area contributed by atoms with Crippen LogP contribution in [0.4, 0.5) is 0 Å². The van der Waals surface area contributed by atoms with Gasteiger partial charge in [0.05, 0.1) is 0 Å². The topological polar surface area (TPSA) is 86.6 Å². The van der Waals surface area contributed by atoms with Crippen molar-refractivity contribution >= 4 is 10.4 Å². The summed E-state index contributed by atoms with van der Waals surface area (Å²) in [6.07, 6.45) is 0. The van der Waals surface area contributed by atoms with Crippen molar-refractivity contribution in [1.82, 2.24) is 5.32 Å². The molecule has 0 unspecified atom stereocenters. The predicted molar refractivity (Wildman–Crippen MR) is 33.8 cm³/mol. The van der Waals surface area contributed by atoms with E-state index < -0.39 is 10.4 Å². The SMILES string of the molecule is CCNC.O=S(=O)(O)O. The van der Waals surface area contributed by atoms with Crippen LogP contribution in [0.1, 0.15) is 6.92 Å². The summed E-state index contributed by atoms with van der Waals surface area (Å²) in [4.78, 5) is 0. The van der Waals surface area contributed by atoms with Gasteiger partial charge in [0.1, 0.15) is 0 Å². The Morgan fingerprint density at radius 1 is 1.44 bits per heavy atom. The van der Waals surface area contributed by atoms with E-state index in [0.29, 0.717) is 0 Å². The molecule has 0 spiro atoms. The van der Waals surface area contributed by atoms with Gasteiger partial charge in [0.15, 0.2) is 0 Å². The first-order valence-corrected chi connectivity index (χ1v) is 3.66. The van der Waals surface area contributed by atoms with Crippen molar-refractivity contribution in [3.05, 3.63) is 0 Å². The van der Waals surface area contributed by atoms with Gasteiger partial charge in [-0.1, -0.05) is 6.92 Å². The van der Waals surface area contributed by atoms with Gasteiger partial charge < -0.3 is 5.32 Å². The first-order valence-electron chi connectivity index (χ1n) is 2.26. The fourth-order valence-corrected chi connectivity index (χ4v) is 0. The van der Waals surface area contributed by atoms with Crippen LogP contribution in [-0.4, -0.2) is 31.1 Å². The van der Waals surface area contributed by atoms with E-state index in [1.54, 1.807) is 0 Å². The minimum absolute atomic E-state index is 1.07. The highest BCUT2D eigenvalue weighted by atomic mass is 32.3. The average molecular weight is 157 g/mol. The Hall–Kier alpha value is -0.170. The number of rotatable bonds is 1. The zero-order valence-electron chi connectivity index (χ0n) is 5.33. The van der Waals surface area contributed by atoms with E-state index in [2.05, 4.69) is 12.2 Å². The fraction of sp³-hybridized carbons (Fsp3) is 1.00. The molecule has 0 atom stereocenters. The number of nitrogens with one attached hydrogen (secondary N) is 1. The third kappa shape index (κ3) is 386. The monoisotopic (exact) mass is 157 g/mol. The molecule has 0 rings (SSSR count). The quantitative estimate of drug-likeness (QED) is 0.450. The van der Waals surface area contributed by atoms with E-state index in [9.17, 15) is 0 Å². The van der Waals surface area contributed by atoms with Crippen molar-refractivity contribution in [2.75, 3.05) is 13.6 Å². The zero-order chi connectivity index (χ0) is 7.91. The number of hydrogen-bond donors (Lipinski definition) is 3. The van der Waals surface area contributed by atoms with Crippen LogP contribution < -0.4 is 5.32 Å². The molecule has 0 aromatic carbocycles. The van der Waals surface area contributed by atoms with E-state index in [1.165, 1.54) is 0 Å². The molecule has 0 heterocycles.